The molecule has 2 bridgehead atoms. The molecule has 0 radical (unpaired) electrons. The van der Waals surface area contributed by atoms with Crippen LogP contribution in [0.1, 0.15) is 35.6 Å². The number of carboxylic acids is 1. The number of hydrogen-bond donors (Lipinski definition) is 3. The number of H-pyrrole nitrogens is 1. The predicted molar refractivity (Wildman–Crippen MR) is 125 cm³/mol. The van der Waals surface area contributed by atoms with Gasteiger partial charge < -0.3 is 15.2 Å². The number of hydrogen-bond acceptors (Lipinski definition) is 7. The number of thiazole rings is 1. The summed E-state index contributed by atoms with van der Waals surface area (Å²) in [4.78, 5) is 43.3. The van der Waals surface area contributed by atoms with Gasteiger partial charge in [-0.15, -0.1) is 23.1 Å². The van der Waals surface area contributed by atoms with Gasteiger partial charge in [-0.25, -0.2) is 0 Å². The van der Waals surface area contributed by atoms with Crippen LogP contribution in [-0.4, -0.2) is 49.7 Å². The Labute approximate surface area is 203 Å². The Morgan fingerprint density at radius 3 is 2.64 bits per heavy atom. The number of imide groups is 1. The van der Waals surface area contributed by atoms with Crippen LogP contribution in [0.3, 0.4) is 0 Å². The van der Waals surface area contributed by atoms with Crippen molar-refractivity contribution in [3.8, 4) is 5.75 Å². The number of benzene rings is 1. The first-order chi connectivity index (χ1) is 15.9. The van der Waals surface area contributed by atoms with Gasteiger partial charge in [-0.2, -0.15) is 0 Å². The minimum atomic E-state index is -0.925. The highest BCUT2D eigenvalue weighted by Gasteiger charge is 2.69. The molecule has 172 valence electrons. The number of rotatable bonds is 5. The molecule has 2 aromatic rings. The highest BCUT2D eigenvalue weighted by Crippen LogP contribution is 2.69. The molecule has 3 fully saturated rings. The molecule has 6 rings (SSSR count). The van der Waals surface area contributed by atoms with E-state index in [0.29, 0.717) is 3.95 Å². The number of phenols is 1. The van der Waals surface area contributed by atoms with Crippen LogP contribution in [0.4, 0.5) is 0 Å². The lowest BCUT2D eigenvalue weighted by Gasteiger charge is -2.43. The van der Waals surface area contributed by atoms with E-state index in [2.05, 4.69) is 4.98 Å². The lowest BCUT2D eigenvalue weighted by molar-refractivity contribution is -0.142. The number of nitrogens with zero attached hydrogens (tertiary/aromatic N) is 1. The average Bonchev–Trinajstić information content (AvgIpc) is 3.49. The standard InChI is InChI=1S/C23H22N2O5S3/c26-12-5-2-1-4-9(12)14-15-10-8-11(18(15)32-20-19(14)33-23(31)24-20)17-16(10)21(29)25(22(17)30)7-3-6-13(27)28/h1-2,4-5,10-11,14-18,26H,3,6-8H2,(H,24,31)(H,27,28). The van der Waals surface area contributed by atoms with E-state index in [9.17, 15) is 19.5 Å². The van der Waals surface area contributed by atoms with Crippen molar-refractivity contribution in [2.75, 3.05) is 6.54 Å². The van der Waals surface area contributed by atoms with E-state index in [-0.39, 0.29) is 77.7 Å². The van der Waals surface area contributed by atoms with E-state index in [1.54, 1.807) is 23.9 Å². The number of carboxylic acid groups (broad SMARTS) is 1. The number of aromatic amines is 1. The number of likely N-dealkylation sites (tertiary alicyclic amines) is 1. The Bertz CT molecular complexity index is 1240. The minimum absolute atomic E-state index is 0.0480. The number of aromatic nitrogens is 1. The second kappa shape index (κ2) is 7.68. The maximum Gasteiger partial charge on any atom is 0.303 e. The lowest BCUT2D eigenvalue weighted by Crippen LogP contribution is -2.42. The third kappa shape index (κ3) is 3.06. The van der Waals surface area contributed by atoms with Gasteiger partial charge in [0, 0.05) is 34.6 Å². The number of carbonyl (C=O) groups is 3. The molecule has 7 atom stereocenters. The van der Waals surface area contributed by atoms with Crippen molar-refractivity contribution in [2.24, 2.45) is 29.6 Å². The number of aromatic hydroxyl groups is 1. The first kappa shape index (κ1) is 21.4. The van der Waals surface area contributed by atoms with Crippen molar-refractivity contribution in [2.45, 2.75) is 35.5 Å². The number of fused-ring (bicyclic) bond motifs is 9. The summed E-state index contributed by atoms with van der Waals surface area (Å²) < 4.78 is 0.692. The molecule has 2 amide bonds. The molecule has 1 aromatic heterocycles. The van der Waals surface area contributed by atoms with Crippen molar-refractivity contribution in [1.29, 1.82) is 0 Å². The van der Waals surface area contributed by atoms with Crippen molar-refractivity contribution in [3.05, 3.63) is 38.7 Å². The topological polar surface area (TPSA) is 111 Å². The van der Waals surface area contributed by atoms with Crippen LogP contribution >= 0.6 is 35.3 Å². The minimum Gasteiger partial charge on any atom is -0.508 e. The lowest BCUT2D eigenvalue weighted by atomic mass is 9.68. The molecule has 1 aromatic carbocycles. The van der Waals surface area contributed by atoms with Crippen LogP contribution in [0.5, 0.6) is 5.75 Å². The molecule has 3 N–H and O–H groups in total. The summed E-state index contributed by atoms with van der Waals surface area (Å²) >= 11 is 8.71. The number of amides is 2. The molecule has 2 saturated carbocycles. The molecule has 2 aliphatic heterocycles. The largest absolute Gasteiger partial charge is 0.508 e. The third-order valence-corrected chi connectivity index (χ3v) is 10.8. The van der Waals surface area contributed by atoms with E-state index >= 15 is 0 Å². The maximum atomic E-state index is 13.4. The van der Waals surface area contributed by atoms with Crippen LogP contribution < -0.4 is 0 Å². The van der Waals surface area contributed by atoms with E-state index in [0.717, 1.165) is 21.9 Å². The molecule has 10 heteroatoms. The summed E-state index contributed by atoms with van der Waals surface area (Å²) in [6, 6.07) is 7.37. The highest BCUT2D eigenvalue weighted by atomic mass is 32.2. The molecular weight excluding hydrogens is 480 g/mol. The van der Waals surface area contributed by atoms with Gasteiger partial charge in [-0.05, 0) is 48.9 Å². The third-order valence-electron chi connectivity index (χ3n) is 7.86. The summed E-state index contributed by atoms with van der Waals surface area (Å²) in [5.74, 6) is -1.46. The number of para-hydroxylation sites is 1. The molecule has 3 heterocycles. The monoisotopic (exact) mass is 502 g/mol. The quantitative estimate of drug-likeness (QED) is 0.421. The Kier molecular flexibility index (Phi) is 4.97. The molecule has 1 saturated heterocycles. The Hall–Kier alpha value is -2.17. The zero-order chi connectivity index (χ0) is 23.0. The second-order valence-electron chi connectivity index (χ2n) is 9.34. The SMILES string of the molecule is O=C(O)CCCN1C(=O)C2C3CC(C2C1=O)C1C(c2ccccc2O)c2sc(=S)[nH]c2SC31. The molecule has 7 unspecified atom stereocenters. The van der Waals surface area contributed by atoms with Crippen molar-refractivity contribution >= 4 is 53.1 Å². The van der Waals surface area contributed by atoms with Crippen LogP contribution in [0.25, 0.3) is 0 Å². The van der Waals surface area contributed by atoms with Gasteiger partial charge in [0.1, 0.15) is 5.75 Å². The molecule has 2 aliphatic carbocycles. The Morgan fingerprint density at radius 1 is 1.18 bits per heavy atom. The fraction of sp³-hybridized carbons (Fsp3) is 0.478. The van der Waals surface area contributed by atoms with Gasteiger partial charge in [-0.1, -0.05) is 18.2 Å². The number of phenolic OH excluding ortho intramolecular Hbond substituents is 1. The fourth-order valence-electron chi connectivity index (χ4n) is 6.79. The van der Waals surface area contributed by atoms with E-state index in [4.69, 9.17) is 17.3 Å². The predicted octanol–water partition coefficient (Wildman–Crippen LogP) is 3.85. The fourth-order valence-corrected chi connectivity index (χ4v) is 10.1. The number of nitrogens with one attached hydrogen (secondary N) is 1. The molecule has 33 heavy (non-hydrogen) atoms. The summed E-state index contributed by atoms with van der Waals surface area (Å²) in [7, 11) is 0. The van der Waals surface area contributed by atoms with Crippen molar-refractivity contribution in [3.63, 3.8) is 0 Å². The van der Waals surface area contributed by atoms with Gasteiger partial charge in [0.15, 0.2) is 3.95 Å². The average molecular weight is 503 g/mol. The molecular formula is C23H22N2O5S3. The number of aliphatic carboxylic acids is 1. The van der Waals surface area contributed by atoms with Crippen molar-refractivity contribution < 1.29 is 24.6 Å². The highest BCUT2D eigenvalue weighted by molar-refractivity contribution is 8.00. The van der Waals surface area contributed by atoms with Gasteiger partial charge in [0.05, 0.1) is 16.9 Å². The van der Waals surface area contributed by atoms with Crippen molar-refractivity contribution in [1.82, 2.24) is 9.88 Å². The van der Waals surface area contributed by atoms with Gasteiger partial charge in [-0.3, -0.25) is 19.3 Å². The summed E-state index contributed by atoms with van der Waals surface area (Å²) in [6.45, 7) is 0.169. The zero-order valence-corrected chi connectivity index (χ0v) is 19.9. The van der Waals surface area contributed by atoms with Gasteiger partial charge in [0.25, 0.3) is 0 Å². The van der Waals surface area contributed by atoms with Gasteiger partial charge >= 0.3 is 5.97 Å². The molecule has 7 nitrogen and oxygen atoms in total. The van der Waals surface area contributed by atoms with Crippen LogP contribution in [0, 0.1) is 33.5 Å². The maximum absolute atomic E-state index is 13.4. The van der Waals surface area contributed by atoms with E-state index in [1.165, 1.54) is 16.2 Å². The van der Waals surface area contributed by atoms with Gasteiger partial charge in [0.2, 0.25) is 11.8 Å². The summed E-state index contributed by atoms with van der Waals surface area (Å²) in [5.41, 5.74) is 0.846. The van der Waals surface area contributed by atoms with E-state index < -0.39 is 5.97 Å². The number of carbonyl (C=O) groups excluding carboxylic acids is 2. The van der Waals surface area contributed by atoms with Crippen LogP contribution in [-0.2, 0) is 14.4 Å². The van der Waals surface area contributed by atoms with Crippen LogP contribution in [0.2, 0.25) is 0 Å². The summed E-state index contributed by atoms with van der Waals surface area (Å²) in [5, 5.41) is 20.8. The smallest absolute Gasteiger partial charge is 0.303 e. The summed E-state index contributed by atoms with van der Waals surface area (Å²) in [6.07, 6.45) is 1.05. The first-order valence-corrected chi connectivity index (χ1v) is 13.2. The first-order valence-electron chi connectivity index (χ1n) is 11.1. The molecule has 4 aliphatic rings. The van der Waals surface area contributed by atoms with Crippen LogP contribution in [0.15, 0.2) is 29.3 Å². The zero-order valence-electron chi connectivity index (χ0n) is 17.5. The normalized spacial score (nSPS) is 33.8. The van der Waals surface area contributed by atoms with E-state index in [1.807, 2.05) is 12.1 Å². The Balaban J connectivity index is 1.39. The Morgan fingerprint density at radius 2 is 1.91 bits per heavy atom. The number of thioether (sulfide) groups is 1. The second-order valence-corrected chi connectivity index (χ2v) is 12.3. The molecule has 0 spiro atoms.